The molecule has 0 bridgehead atoms. The van der Waals surface area contributed by atoms with Crippen LogP contribution < -0.4 is 15.4 Å². The van der Waals surface area contributed by atoms with Crippen LogP contribution in [0.2, 0.25) is 0 Å². The standard InChI is InChI=1S/C21H26N4O2.HI/c1-14-4-6-18-15(12-24-19(18)10-14)8-9-23-21(22-2)25-13-16-11-17(27-3)5-7-20(16)26;/h4-7,10-12,24,26H,8-9,13H2,1-3H3,(H2,22,23,25);1H. The first-order valence-electron chi connectivity index (χ1n) is 8.97. The molecule has 150 valence electrons. The van der Waals surface area contributed by atoms with Gasteiger partial charge in [0.1, 0.15) is 11.5 Å². The first-order chi connectivity index (χ1) is 13.1. The zero-order valence-electron chi connectivity index (χ0n) is 16.4. The van der Waals surface area contributed by atoms with Gasteiger partial charge in [0.05, 0.1) is 7.11 Å². The van der Waals surface area contributed by atoms with Crippen molar-refractivity contribution in [2.75, 3.05) is 20.7 Å². The summed E-state index contributed by atoms with van der Waals surface area (Å²) in [5, 5.41) is 17.8. The van der Waals surface area contributed by atoms with Crippen LogP contribution in [-0.2, 0) is 13.0 Å². The molecule has 0 amide bonds. The van der Waals surface area contributed by atoms with Gasteiger partial charge in [0.15, 0.2) is 5.96 Å². The molecule has 0 radical (unpaired) electrons. The van der Waals surface area contributed by atoms with Gasteiger partial charge in [-0.15, -0.1) is 24.0 Å². The number of phenolic OH excluding ortho intramolecular Hbond substituents is 1. The number of aryl methyl sites for hydroxylation is 1. The van der Waals surface area contributed by atoms with Gasteiger partial charge in [-0.1, -0.05) is 12.1 Å². The van der Waals surface area contributed by atoms with Crippen LogP contribution in [0.15, 0.2) is 47.6 Å². The number of fused-ring (bicyclic) bond motifs is 1. The van der Waals surface area contributed by atoms with Gasteiger partial charge in [-0.3, -0.25) is 4.99 Å². The van der Waals surface area contributed by atoms with Crippen LogP contribution in [0, 0.1) is 6.92 Å². The van der Waals surface area contributed by atoms with E-state index in [1.54, 1.807) is 26.3 Å². The Labute approximate surface area is 182 Å². The highest BCUT2D eigenvalue weighted by molar-refractivity contribution is 14.0. The third-order valence-corrected chi connectivity index (χ3v) is 4.57. The van der Waals surface area contributed by atoms with E-state index in [-0.39, 0.29) is 29.7 Å². The number of aromatic hydroxyl groups is 1. The van der Waals surface area contributed by atoms with E-state index in [0.29, 0.717) is 18.3 Å². The van der Waals surface area contributed by atoms with Crippen molar-refractivity contribution in [3.63, 3.8) is 0 Å². The van der Waals surface area contributed by atoms with Crippen molar-refractivity contribution in [3.05, 3.63) is 59.3 Å². The normalized spacial score (nSPS) is 11.2. The fourth-order valence-electron chi connectivity index (χ4n) is 3.05. The first kappa shape index (κ1) is 21.9. The Hall–Kier alpha value is -2.42. The first-order valence-corrected chi connectivity index (χ1v) is 8.97. The maximum Gasteiger partial charge on any atom is 0.191 e. The zero-order valence-corrected chi connectivity index (χ0v) is 18.7. The molecule has 7 heteroatoms. The number of halogens is 1. The van der Waals surface area contributed by atoms with Crippen LogP contribution in [0.1, 0.15) is 16.7 Å². The summed E-state index contributed by atoms with van der Waals surface area (Å²) in [4.78, 5) is 7.57. The predicted molar refractivity (Wildman–Crippen MR) is 125 cm³/mol. The van der Waals surface area contributed by atoms with Gasteiger partial charge in [0.2, 0.25) is 0 Å². The molecule has 28 heavy (non-hydrogen) atoms. The second-order valence-electron chi connectivity index (χ2n) is 6.46. The van der Waals surface area contributed by atoms with Crippen molar-refractivity contribution < 1.29 is 9.84 Å². The van der Waals surface area contributed by atoms with Crippen LogP contribution in [0.3, 0.4) is 0 Å². The monoisotopic (exact) mass is 494 g/mol. The number of nitrogens with one attached hydrogen (secondary N) is 3. The number of hydrogen-bond acceptors (Lipinski definition) is 3. The lowest BCUT2D eigenvalue weighted by atomic mass is 10.1. The Morgan fingerprint density at radius 1 is 1.14 bits per heavy atom. The fourth-order valence-corrected chi connectivity index (χ4v) is 3.05. The Bertz CT molecular complexity index is 953. The summed E-state index contributed by atoms with van der Waals surface area (Å²) in [5.41, 5.74) is 4.45. The van der Waals surface area contributed by atoms with Crippen LogP contribution in [0.4, 0.5) is 0 Å². The third kappa shape index (κ3) is 5.31. The van der Waals surface area contributed by atoms with E-state index < -0.39 is 0 Å². The highest BCUT2D eigenvalue weighted by Crippen LogP contribution is 2.22. The van der Waals surface area contributed by atoms with E-state index in [1.807, 2.05) is 6.07 Å². The lowest BCUT2D eigenvalue weighted by Crippen LogP contribution is -2.37. The minimum Gasteiger partial charge on any atom is -0.508 e. The van der Waals surface area contributed by atoms with Gasteiger partial charge in [0.25, 0.3) is 0 Å². The summed E-state index contributed by atoms with van der Waals surface area (Å²) in [6.07, 6.45) is 2.95. The largest absolute Gasteiger partial charge is 0.508 e. The van der Waals surface area contributed by atoms with Gasteiger partial charge >= 0.3 is 0 Å². The van der Waals surface area contributed by atoms with E-state index in [9.17, 15) is 5.11 Å². The molecule has 0 saturated heterocycles. The topological polar surface area (TPSA) is 81.7 Å². The van der Waals surface area contributed by atoms with Crippen LogP contribution in [0.25, 0.3) is 10.9 Å². The van der Waals surface area contributed by atoms with E-state index in [4.69, 9.17) is 4.74 Å². The molecule has 3 rings (SSSR count). The molecule has 0 aliphatic heterocycles. The van der Waals surface area contributed by atoms with Gasteiger partial charge in [-0.25, -0.2) is 0 Å². The minimum atomic E-state index is 0. The maximum absolute atomic E-state index is 9.98. The molecule has 0 aliphatic rings. The lowest BCUT2D eigenvalue weighted by Gasteiger charge is -2.13. The number of ether oxygens (including phenoxy) is 1. The highest BCUT2D eigenvalue weighted by Gasteiger charge is 2.06. The number of H-pyrrole nitrogens is 1. The number of benzene rings is 2. The number of aromatic nitrogens is 1. The van der Waals surface area contributed by atoms with Gasteiger partial charge in [-0.2, -0.15) is 0 Å². The molecule has 0 unspecified atom stereocenters. The molecule has 0 spiro atoms. The number of nitrogens with zero attached hydrogens (tertiary/aromatic N) is 1. The van der Waals surface area contributed by atoms with Gasteiger partial charge in [0, 0.05) is 42.8 Å². The molecular weight excluding hydrogens is 467 g/mol. The van der Waals surface area contributed by atoms with E-state index in [0.717, 1.165) is 18.5 Å². The summed E-state index contributed by atoms with van der Waals surface area (Å²) in [6, 6.07) is 11.6. The molecule has 1 aromatic heterocycles. The van der Waals surface area contributed by atoms with Crippen LogP contribution in [-0.4, -0.2) is 36.8 Å². The number of aliphatic imine (C=N–C) groups is 1. The summed E-state index contributed by atoms with van der Waals surface area (Å²) < 4.78 is 5.20. The van der Waals surface area contributed by atoms with Crippen LogP contribution in [0.5, 0.6) is 11.5 Å². The third-order valence-electron chi connectivity index (χ3n) is 4.57. The Morgan fingerprint density at radius 2 is 1.96 bits per heavy atom. The predicted octanol–water partition coefficient (Wildman–Crippen LogP) is 3.72. The van der Waals surface area contributed by atoms with Crippen molar-refractivity contribution in [1.29, 1.82) is 0 Å². The van der Waals surface area contributed by atoms with E-state index in [1.165, 1.54) is 22.0 Å². The quantitative estimate of drug-likeness (QED) is 0.239. The summed E-state index contributed by atoms with van der Waals surface area (Å²) >= 11 is 0. The lowest BCUT2D eigenvalue weighted by molar-refractivity contribution is 0.410. The number of hydrogen-bond donors (Lipinski definition) is 4. The molecule has 3 aromatic rings. The number of aromatic amines is 1. The van der Waals surface area contributed by atoms with Gasteiger partial charge < -0.3 is 25.5 Å². The Kier molecular flexibility index (Phi) is 7.98. The van der Waals surface area contributed by atoms with Crippen molar-refractivity contribution in [3.8, 4) is 11.5 Å². The second-order valence-corrected chi connectivity index (χ2v) is 6.46. The molecule has 0 atom stereocenters. The Balaban J connectivity index is 0.00000280. The number of phenols is 1. The van der Waals surface area contributed by atoms with Crippen molar-refractivity contribution in [1.82, 2.24) is 15.6 Å². The smallest absolute Gasteiger partial charge is 0.191 e. The average molecular weight is 494 g/mol. The highest BCUT2D eigenvalue weighted by atomic mass is 127. The number of guanidine groups is 1. The van der Waals surface area contributed by atoms with Crippen molar-refractivity contribution in [2.45, 2.75) is 19.9 Å². The zero-order chi connectivity index (χ0) is 19.2. The summed E-state index contributed by atoms with van der Waals surface area (Å²) in [5.74, 6) is 1.63. The average Bonchev–Trinajstić information content (AvgIpc) is 3.07. The Morgan fingerprint density at radius 3 is 2.71 bits per heavy atom. The van der Waals surface area contributed by atoms with Gasteiger partial charge in [-0.05, 0) is 48.7 Å². The second kappa shape index (κ2) is 10.2. The number of rotatable bonds is 6. The molecular formula is C21H27IN4O2. The van der Waals surface area contributed by atoms with Crippen molar-refractivity contribution in [2.24, 2.45) is 4.99 Å². The summed E-state index contributed by atoms with van der Waals surface area (Å²) in [7, 11) is 3.34. The molecule has 1 heterocycles. The number of methoxy groups -OCH3 is 1. The molecule has 0 saturated carbocycles. The van der Waals surface area contributed by atoms with E-state index in [2.05, 4.69) is 51.9 Å². The molecule has 6 nitrogen and oxygen atoms in total. The molecule has 0 fully saturated rings. The van der Waals surface area contributed by atoms with E-state index >= 15 is 0 Å². The van der Waals surface area contributed by atoms with Crippen molar-refractivity contribution >= 4 is 40.8 Å². The summed E-state index contributed by atoms with van der Waals surface area (Å²) in [6.45, 7) is 3.30. The molecule has 2 aromatic carbocycles. The minimum absolute atomic E-state index is 0. The molecule has 0 aliphatic carbocycles. The maximum atomic E-state index is 9.98. The fraction of sp³-hybridized carbons (Fsp3) is 0.286. The van der Waals surface area contributed by atoms with Crippen LogP contribution >= 0.6 is 24.0 Å². The SMILES string of the molecule is CN=C(NCCc1c[nH]c2cc(C)ccc12)NCc1cc(OC)ccc1O.I. The molecule has 4 N–H and O–H groups in total.